The van der Waals surface area contributed by atoms with Crippen LogP contribution < -0.4 is 15.4 Å². The van der Waals surface area contributed by atoms with Gasteiger partial charge in [0.25, 0.3) is 0 Å². The molecular weight excluding hydrogens is 398 g/mol. The maximum atomic E-state index is 13.1. The molecule has 0 radical (unpaired) electrons. The zero-order chi connectivity index (χ0) is 22.2. The van der Waals surface area contributed by atoms with E-state index >= 15 is 0 Å². The summed E-state index contributed by atoms with van der Waals surface area (Å²) in [6.07, 6.45) is 5.36. The summed E-state index contributed by atoms with van der Waals surface area (Å²) >= 11 is 0. The van der Waals surface area contributed by atoms with E-state index in [1.165, 1.54) is 13.5 Å². The Morgan fingerprint density at radius 3 is 2.48 bits per heavy atom. The summed E-state index contributed by atoms with van der Waals surface area (Å²) < 4.78 is 10.1. The van der Waals surface area contributed by atoms with Crippen LogP contribution in [-0.4, -0.2) is 68.6 Å². The van der Waals surface area contributed by atoms with Crippen LogP contribution in [0.4, 0.5) is 0 Å². The number of amides is 2. The lowest BCUT2D eigenvalue weighted by Gasteiger charge is -2.38. The highest BCUT2D eigenvalue weighted by molar-refractivity contribution is 5.91. The Morgan fingerprint density at radius 2 is 1.84 bits per heavy atom. The van der Waals surface area contributed by atoms with E-state index in [1.807, 2.05) is 12.1 Å². The van der Waals surface area contributed by atoms with Crippen LogP contribution in [0.1, 0.15) is 37.7 Å². The molecule has 1 saturated carbocycles. The third kappa shape index (κ3) is 5.97. The van der Waals surface area contributed by atoms with E-state index in [9.17, 15) is 14.4 Å². The van der Waals surface area contributed by atoms with Gasteiger partial charge in [-0.25, -0.2) is 4.79 Å². The third-order valence-electron chi connectivity index (χ3n) is 6.18. The molecule has 2 fully saturated rings. The number of hydrogen-bond donors (Lipinski definition) is 2. The highest BCUT2D eigenvalue weighted by Gasteiger charge is 2.37. The van der Waals surface area contributed by atoms with Gasteiger partial charge in [-0.05, 0) is 30.5 Å². The molecule has 0 aromatic heterocycles. The molecule has 0 bridgehead atoms. The normalized spacial score (nSPS) is 20.6. The lowest BCUT2D eigenvalue weighted by atomic mass is 9.87. The summed E-state index contributed by atoms with van der Waals surface area (Å²) in [6.45, 7) is 1.53. The highest BCUT2D eigenvalue weighted by atomic mass is 16.5. The monoisotopic (exact) mass is 431 g/mol. The van der Waals surface area contributed by atoms with Crippen LogP contribution in [0.5, 0.6) is 5.75 Å². The molecule has 31 heavy (non-hydrogen) atoms. The standard InChI is InChI=1S/C23H33N3O5/c1-30-18-10-8-16(9-11-18)14-19(23(29)31-2)25-21(27)20-15-24-12-13-26(20)22(28)17-6-4-3-5-7-17/h8-11,17,19-20,24H,3-7,12-15H2,1-2H3,(H,25,27)/t19-,20+/m0/s1. The lowest BCUT2D eigenvalue weighted by Crippen LogP contribution is -2.62. The number of nitrogens with zero attached hydrogens (tertiary/aromatic N) is 1. The number of hydrogen-bond acceptors (Lipinski definition) is 6. The average Bonchev–Trinajstić information content (AvgIpc) is 2.83. The summed E-state index contributed by atoms with van der Waals surface area (Å²) in [4.78, 5) is 40.3. The molecule has 170 valence electrons. The molecule has 0 spiro atoms. The Hall–Kier alpha value is -2.61. The molecule has 1 aliphatic heterocycles. The van der Waals surface area contributed by atoms with Crippen LogP contribution in [-0.2, 0) is 25.5 Å². The van der Waals surface area contributed by atoms with Crippen molar-refractivity contribution >= 4 is 17.8 Å². The fourth-order valence-corrected chi connectivity index (χ4v) is 4.39. The molecule has 1 aliphatic carbocycles. The predicted octanol–water partition coefficient (Wildman–Crippen LogP) is 1.28. The Bertz CT molecular complexity index is 761. The van der Waals surface area contributed by atoms with E-state index in [0.717, 1.165) is 31.2 Å². The van der Waals surface area contributed by atoms with Crippen molar-refractivity contribution in [2.75, 3.05) is 33.9 Å². The van der Waals surface area contributed by atoms with Gasteiger partial charge in [0.1, 0.15) is 17.8 Å². The van der Waals surface area contributed by atoms with Gasteiger partial charge in [0, 0.05) is 32.0 Å². The van der Waals surface area contributed by atoms with Crippen molar-refractivity contribution in [3.8, 4) is 5.75 Å². The van der Waals surface area contributed by atoms with Gasteiger partial charge in [-0.2, -0.15) is 0 Å². The number of nitrogens with one attached hydrogen (secondary N) is 2. The van der Waals surface area contributed by atoms with Gasteiger partial charge in [-0.3, -0.25) is 9.59 Å². The van der Waals surface area contributed by atoms with Crippen molar-refractivity contribution in [2.45, 2.75) is 50.6 Å². The fraction of sp³-hybridized carbons (Fsp3) is 0.609. The first-order valence-electron chi connectivity index (χ1n) is 11.1. The molecular formula is C23H33N3O5. The molecule has 1 aromatic carbocycles. The van der Waals surface area contributed by atoms with Crippen molar-refractivity contribution in [3.63, 3.8) is 0 Å². The lowest BCUT2D eigenvalue weighted by molar-refractivity contribution is -0.148. The second-order valence-electron chi connectivity index (χ2n) is 8.22. The van der Waals surface area contributed by atoms with E-state index in [4.69, 9.17) is 9.47 Å². The summed E-state index contributed by atoms with van der Waals surface area (Å²) in [5.41, 5.74) is 0.869. The van der Waals surface area contributed by atoms with Crippen LogP contribution in [0.25, 0.3) is 0 Å². The molecule has 1 saturated heterocycles. The number of piperazine rings is 1. The zero-order valence-electron chi connectivity index (χ0n) is 18.4. The first-order valence-corrected chi connectivity index (χ1v) is 11.1. The van der Waals surface area contributed by atoms with Crippen molar-refractivity contribution in [1.29, 1.82) is 0 Å². The van der Waals surface area contributed by atoms with E-state index in [2.05, 4.69) is 10.6 Å². The van der Waals surface area contributed by atoms with Crippen LogP contribution in [0.2, 0.25) is 0 Å². The number of esters is 1. The Morgan fingerprint density at radius 1 is 1.13 bits per heavy atom. The highest BCUT2D eigenvalue weighted by Crippen LogP contribution is 2.26. The largest absolute Gasteiger partial charge is 0.497 e. The predicted molar refractivity (Wildman–Crippen MR) is 116 cm³/mol. The van der Waals surface area contributed by atoms with Crippen LogP contribution in [0, 0.1) is 5.92 Å². The number of benzene rings is 1. The summed E-state index contributed by atoms with van der Waals surface area (Å²) in [7, 11) is 2.89. The molecule has 8 heteroatoms. The first kappa shape index (κ1) is 23.1. The third-order valence-corrected chi connectivity index (χ3v) is 6.18. The van der Waals surface area contributed by atoms with Gasteiger partial charge in [0.05, 0.1) is 14.2 Å². The van der Waals surface area contributed by atoms with Gasteiger partial charge < -0.3 is 25.0 Å². The summed E-state index contributed by atoms with van der Waals surface area (Å²) in [6, 6.07) is 5.84. The van der Waals surface area contributed by atoms with Gasteiger partial charge in [-0.15, -0.1) is 0 Å². The average molecular weight is 432 g/mol. The van der Waals surface area contributed by atoms with Gasteiger partial charge in [0.15, 0.2) is 0 Å². The molecule has 0 unspecified atom stereocenters. The SMILES string of the molecule is COC(=O)[C@H](Cc1ccc(OC)cc1)NC(=O)[C@H]1CNCCN1C(=O)C1CCCCC1. The van der Waals surface area contributed by atoms with E-state index in [-0.39, 0.29) is 17.7 Å². The number of ether oxygens (including phenoxy) is 2. The molecule has 2 atom stereocenters. The number of carbonyl (C=O) groups excluding carboxylic acids is 3. The number of methoxy groups -OCH3 is 2. The van der Waals surface area contributed by atoms with Crippen molar-refractivity contribution in [1.82, 2.24) is 15.5 Å². The molecule has 2 amide bonds. The summed E-state index contributed by atoms with van der Waals surface area (Å²) in [5, 5.41) is 6.02. The smallest absolute Gasteiger partial charge is 0.328 e. The van der Waals surface area contributed by atoms with Gasteiger partial charge >= 0.3 is 5.97 Å². The molecule has 3 rings (SSSR count). The Balaban J connectivity index is 1.69. The first-order chi connectivity index (χ1) is 15.0. The van der Waals surface area contributed by atoms with E-state index in [1.54, 1.807) is 24.1 Å². The second kappa shape index (κ2) is 11.1. The molecule has 1 heterocycles. The van der Waals surface area contributed by atoms with Crippen LogP contribution in [0.3, 0.4) is 0 Å². The number of rotatable bonds is 7. The molecule has 2 N–H and O–H groups in total. The quantitative estimate of drug-likeness (QED) is 0.632. The Labute approximate surface area is 183 Å². The van der Waals surface area contributed by atoms with Gasteiger partial charge in [-0.1, -0.05) is 31.4 Å². The fourth-order valence-electron chi connectivity index (χ4n) is 4.39. The van der Waals surface area contributed by atoms with Gasteiger partial charge in [0.2, 0.25) is 11.8 Å². The minimum Gasteiger partial charge on any atom is -0.497 e. The molecule has 8 nitrogen and oxygen atoms in total. The molecule has 2 aliphatic rings. The van der Waals surface area contributed by atoms with Crippen LogP contribution in [0.15, 0.2) is 24.3 Å². The maximum Gasteiger partial charge on any atom is 0.328 e. The topological polar surface area (TPSA) is 97.0 Å². The zero-order valence-corrected chi connectivity index (χ0v) is 18.4. The second-order valence-corrected chi connectivity index (χ2v) is 8.22. The van der Waals surface area contributed by atoms with E-state index in [0.29, 0.717) is 31.8 Å². The Kier molecular flexibility index (Phi) is 8.28. The van der Waals surface area contributed by atoms with Crippen LogP contribution >= 0.6 is 0 Å². The van der Waals surface area contributed by atoms with E-state index < -0.39 is 18.1 Å². The van der Waals surface area contributed by atoms with Crippen molar-refractivity contribution < 1.29 is 23.9 Å². The summed E-state index contributed by atoms with van der Waals surface area (Å²) in [5.74, 6) is -0.0742. The maximum absolute atomic E-state index is 13.1. The molecule has 1 aromatic rings. The van der Waals surface area contributed by atoms with Crippen molar-refractivity contribution in [3.05, 3.63) is 29.8 Å². The minimum absolute atomic E-state index is 0.00199. The number of carbonyl (C=O) groups is 3. The van der Waals surface area contributed by atoms with Crippen molar-refractivity contribution in [2.24, 2.45) is 5.92 Å². The minimum atomic E-state index is -0.834.